The summed E-state index contributed by atoms with van der Waals surface area (Å²) in [5.41, 5.74) is 0.917. The van der Waals surface area contributed by atoms with Gasteiger partial charge in [0.05, 0.1) is 0 Å². The average molecular weight is 324 g/mol. The van der Waals surface area contributed by atoms with Gasteiger partial charge in [-0.2, -0.15) is 0 Å². The van der Waals surface area contributed by atoms with E-state index >= 15 is 0 Å². The highest BCUT2D eigenvalue weighted by molar-refractivity contribution is 5.74. The Morgan fingerprint density at radius 3 is 1.96 bits per heavy atom. The summed E-state index contributed by atoms with van der Waals surface area (Å²) in [6.45, 7) is 6.03. The van der Waals surface area contributed by atoms with E-state index in [4.69, 9.17) is 10.2 Å². The largest absolute Gasteiger partial charge is 0.480 e. The van der Waals surface area contributed by atoms with E-state index in [0.717, 1.165) is 5.69 Å². The third-order valence-electron chi connectivity index (χ3n) is 3.72. The second-order valence-corrected chi connectivity index (χ2v) is 5.79. The molecule has 0 heterocycles. The Bertz CT molecular complexity index is 477. The summed E-state index contributed by atoms with van der Waals surface area (Å²) in [5.74, 6) is -1.03. The SMILES string of the molecule is CN(CC(=O)O)c1ccccc1.CNC(C(=O)O)C(C)C(C)C. The zero-order chi connectivity index (χ0) is 18.0. The van der Waals surface area contributed by atoms with E-state index < -0.39 is 18.0 Å². The smallest absolute Gasteiger partial charge is 0.323 e. The lowest BCUT2D eigenvalue weighted by molar-refractivity contribution is -0.141. The van der Waals surface area contributed by atoms with Crippen LogP contribution in [0.2, 0.25) is 0 Å². The van der Waals surface area contributed by atoms with Crippen molar-refractivity contribution in [3.05, 3.63) is 30.3 Å². The van der Waals surface area contributed by atoms with Gasteiger partial charge in [0.25, 0.3) is 0 Å². The van der Waals surface area contributed by atoms with E-state index in [2.05, 4.69) is 5.32 Å². The highest BCUT2D eigenvalue weighted by Gasteiger charge is 2.24. The molecule has 0 radical (unpaired) electrons. The molecule has 3 N–H and O–H groups in total. The van der Waals surface area contributed by atoms with Crippen LogP contribution in [-0.4, -0.2) is 48.8 Å². The van der Waals surface area contributed by atoms with Crippen molar-refractivity contribution < 1.29 is 19.8 Å². The van der Waals surface area contributed by atoms with Gasteiger partial charge in [0.2, 0.25) is 0 Å². The first kappa shape index (κ1) is 20.9. The number of likely N-dealkylation sites (N-methyl/N-ethyl adjacent to an activating group) is 2. The first-order chi connectivity index (χ1) is 10.7. The van der Waals surface area contributed by atoms with Gasteiger partial charge in [0.15, 0.2) is 0 Å². The summed E-state index contributed by atoms with van der Waals surface area (Å²) in [6.07, 6.45) is 0. The van der Waals surface area contributed by atoms with Gasteiger partial charge in [-0.05, 0) is 31.0 Å². The monoisotopic (exact) mass is 324 g/mol. The molecule has 6 heteroatoms. The molecule has 0 saturated carbocycles. The topological polar surface area (TPSA) is 89.9 Å². The van der Waals surface area contributed by atoms with Crippen LogP contribution >= 0.6 is 0 Å². The molecule has 0 amide bonds. The Balaban J connectivity index is 0.000000423. The molecule has 1 aromatic carbocycles. The maximum atomic E-state index is 10.6. The normalized spacial score (nSPS) is 12.8. The standard InChI is InChI=1S/C9H11NO2.C8H17NO2/c1-10(7-9(11)12)8-5-3-2-4-6-8;1-5(2)6(3)7(9-4)8(10)11/h2-6H,7H2,1H3,(H,11,12);5-7,9H,1-4H3,(H,10,11). The molecule has 130 valence electrons. The second-order valence-electron chi connectivity index (χ2n) is 5.79. The Kier molecular flexibility index (Phi) is 9.65. The molecule has 0 bridgehead atoms. The van der Waals surface area contributed by atoms with Gasteiger partial charge in [-0.1, -0.05) is 39.0 Å². The zero-order valence-electron chi connectivity index (χ0n) is 14.5. The number of rotatable bonds is 7. The van der Waals surface area contributed by atoms with Crippen LogP contribution < -0.4 is 10.2 Å². The first-order valence-electron chi connectivity index (χ1n) is 7.58. The Morgan fingerprint density at radius 2 is 1.65 bits per heavy atom. The maximum absolute atomic E-state index is 10.6. The van der Waals surface area contributed by atoms with Crippen LogP contribution in [0.4, 0.5) is 5.69 Å². The number of para-hydroxylation sites is 1. The van der Waals surface area contributed by atoms with Gasteiger partial charge in [0.1, 0.15) is 12.6 Å². The molecular weight excluding hydrogens is 296 g/mol. The summed E-state index contributed by atoms with van der Waals surface area (Å²) >= 11 is 0. The predicted molar refractivity (Wildman–Crippen MR) is 91.8 cm³/mol. The van der Waals surface area contributed by atoms with Crippen molar-refractivity contribution in [2.45, 2.75) is 26.8 Å². The van der Waals surface area contributed by atoms with Crippen molar-refractivity contribution in [2.75, 3.05) is 25.5 Å². The minimum absolute atomic E-state index is 0.0318. The molecule has 2 atom stereocenters. The van der Waals surface area contributed by atoms with E-state index in [1.54, 1.807) is 19.0 Å². The Morgan fingerprint density at radius 1 is 1.13 bits per heavy atom. The van der Waals surface area contributed by atoms with Gasteiger partial charge in [-0.25, -0.2) is 0 Å². The lowest BCUT2D eigenvalue weighted by Gasteiger charge is -2.22. The van der Waals surface area contributed by atoms with Crippen LogP contribution in [0.25, 0.3) is 0 Å². The molecular formula is C17H28N2O4. The minimum Gasteiger partial charge on any atom is -0.480 e. The number of nitrogens with zero attached hydrogens (tertiary/aromatic N) is 1. The van der Waals surface area contributed by atoms with E-state index in [9.17, 15) is 9.59 Å². The number of carbonyl (C=O) groups is 2. The molecule has 0 spiro atoms. The first-order valence-corrected chi connectivity index (χ1v) is 7.58. The van der Waals surface area contributed by atoms with Crippen LogP contribution in [0.5, 0.6) is 0 Å². The number of hydrogen-bond donors (Lipinski definition) is 3. The van der Waals surface area contributed by atoms with Gasteiger partial charge >= 0.3 is 11.9 Å². The average Bonchev–Trinajstić information content (AvgIpc) is 2.48. The molecule has 0 fully saturated rings. The number of aliphatic carboxylic acids is 2. The highest BCUT2D eigenvalue weighted by Crippen LogP contribution is 2.14. The van der Waals surface area contributed by atoms with E-state index in [1.807, 2.05) is 51.1 Å². The molecule has 6 nitrogen and oxygen atoms in total. The third kappa shape index (κ3) is 8.21. The van der Waals surface area contributed by atoms with E-state index in [1.165, 1.54) is 0 Å². The number of carboxylic acids is 2. The van der Waals surface area contributed by atoms with Gasteiger partial charge in [-0.3, -0.25) is 9.59 Å². The van der Waals surface area contributed by atoms with E-state index in [0.29, 0.717) is 5.92 Å². The third-order valence-corrected chi connectivity index (χ3v) is 3.72. The number of carboxylic acid groups (broad SMARTS) is 2. The van der Waals surface area contributed by atoms with Gasteiger partial charge in [-0.15, -0.1) is 0 Å². The van der Waals surface area contributed by atoms with Crippen LogP contribution in [0.1, 0.15) is 20.8 Å². The quantitative estimate of drug-likeness (QED) is 0.712. The molecule has 1 rings (SSSR count). The molecule has 1 aromatic rings. The van der Waals surface area contributed by atoms with Crippen LogP contribution in [0.15, 0.2) is 30.3 Å². The lowest BCUT2D eigenvalue weighted by Crippen LogP contribution is -2.41. The summed E-state index contributed by atoms with van der Waals surface area (Å²) < 4.78 is 0. The van der Waals surface area contributed by atoms with Crippen molar-refractivity contribution in [3.63, 3.8) is 0 Å². The van der Waals surface area contributed by atoms with Crippen LogP contribution in [-0.2, 0) is 9.59 Å². The summed E-state index contributed by atoms with van der Waals surface area (Å²) in [5, 5.41) is 20.0. The van der Waals surface area contributed by atoms with Crippen LogP contribution in [0.3, 0.4) is 0 Å². The fourth-order valence-corrected chi connectivity index (χ4v) is 1.97. The van der Waals surface area contributed by atoms with Gasteiger partial charge < -0.3 is 20.4 Å². The van der Waals surface area contributed by atoms with Crippen molar-refractivity contribution >= 4 is 17.6 Å². The summed E-state index contributed by atoms with van der Waals surface area (Å²) in [6, 6.07) is 9.00. The number of hydrogen-bond acceptors (Lipinski definition) is 4. The molecule has 0 aliphatic carbocycles. The summed E-state index contributed by atoms with van der Waals surface area (Å²) in [4.78, 5) is 22.6. The predicted octanol–water partition coefficient (Wildman–Crippen LogP) is 2.16. The number of anilines is 1. The fraction of sp³-hybridized carbons (Fsp3) is 0.529. The Hall–Kier alpha value is -2.08. The maximum Gasteiger partial charge on any atom is 0.323 e. The molecule has 0 saturated heterocycles. The molecule has 23 heavy (non-hydrogen) atoms. The zero-order valence-corrected chi connectivity index (χ0v) is 14.5. The van der Waals surface area contributed by atoms with Crippen molar-refractivity contribution in [1.29, 1.82) is 0 Å². The van der Waals surface area contributed by atoms with Crippen molar-refractivity contribution in [2.24, 2.45) is 11.8 Å². The minimum atomic E-state index is -0.818. The highest BCUT2D eigenvalue weighted by atomic mass is 16.4. The fourth-order valence-electron chi connectivity index (χ4n) is 1.97. The molecule has 0 aliphatic heterocycles. The molecule has 2 unspecified atom stereocenters. The molecule has 0 aliphatic rings. The number of nitrogens with one attached hydrogen (secondary N) is 1. The van der Waals surface area contributed by atoms with Crippen LogP contribution in [0, 0.1) is 11.8 Å². The van der Waals surface area contributed by atoms with E-state index in [-0.39, 0.29) is 12.5 Å². The van der Waals surface area contributed by atoms with Crippen molar-refractivity contribution in [1.82, 2.24) is 5.32 Å². The summed E-state index contributed by atoms with van der Waals surface area (Å²) in [7, 11) is 3.43. The molecule has 0 aromatic heterocycles. The van der Waals surface area contributed by atoms with Crippen molar-refractivity contribution in [3.8, 4) is 0 Å². The second kappa shape index (κ2) is 10.6. The Labute approximate surface area is 138 Å². The number of benzene rings is 1. The van der Waals surface area contributed by atoms with Gasteiger partial charge in [0, 0.05) is 12.7 Å². The lowest BCUT2D eigenvalue weighted by atomic mass is 9.90.